The first kappa shape index (κ1) is 11.1. The van der Waals surface area contributed by atoms with Gasteiger partial charge in [0.1, 0.15) is 5.82 Å². The first-order valence-electron chi connectivity index (χ1n) is 5.47. The standard InChI is InChI=1S/C10H16N4O2/c1-6(2)8-12-9(14-13-8)10(15)11-7-3-4-16-5-7/h6-7H,3-5H2,1-2H3,(H,11,15)(H,12,13,14). The first-order valence-corrected chi connectivity index (χ1v) is 5.47. The van der Waals surface area contributed by atoms with Crippen LogP contribution in [0.1, 0.15) is 42.6 Å². The van der Waals surface area contributed by atoms with Crippen LogP contribution < -0.4 is 5.32 Å². The fourth-order valence-electron chi connectivity index (χ4n) is 1.53. The number of nitrogens with zero attached hydrogens (tertiary/aromatic N) is 2. The molecule has 6 nitrogen and oxygen atoms in total. The Morgan fingerprint density at radius 2 is 2.44 bits per heavy atom. The van der Waals surface area contributed by atoms with Gasteiger partial charge in [0.25, 0.3) is 5.91 Å². The molecular formula is C10H16N4O2. The van der Waals surface area contributed by atoms with E-state index < -0.39 is 0 Å². The molecule has 2 N–H and O–H groups in total. The number of carbonyl (C=O) groups excluding carboxylic acids is 1. The Morgan fingerprint density at radius 1 is 1.62 bits per heavy atom. The minimum atomic E-state index is -0.237. The third-order valence-electron chi connectivity index (χ3n) is 2.52. The lowest BCUT2D eigenvalue weighted by molar-refractivity contribution is 0.0920. The Balaban J connectivity index is 1.97. The Kier molecular flexibility index (Phi) is 3.19. The molecule has 0 aliphatic carbocycles. The molecule has 1 aromatic heterocycles. The highest BCUT2D eigenvalue weighted by molar-refractivity contribution is 5.90. The number of ether oxygens (including phenoxy) is 1. The van der Waals surface area contributed by atoms with Crippen LogP contribution in [0.5, 0.6) is 0 Å². The summed E-state index contributed by atoms with van der Waals surface area (Å²) in [6.07, 6.45) is 0.854. The van der Waals surface area contributed by atoms with Gasteiger partial charge in [0.05, 0.1) is 12.6 Å². The highest BCUT2D eigenvalue weighted by Crippen LogP contribution is 2.08. The van der Waals surface area contributed by atoms with Crippen LogP contribution in [0, 0.1) is 0 Å². The summed E-state index contributed by atoms with van der Waals surface area (Å²) in [7, 11) is 0. The summed E-state index contributed by atoms with van der Waals surface area (Å²) < 4.78 is 5.17. The van der Waals surface area contributed by atoms with Crippen molar-refractivity contribution < 1.29 is 9.53 Å². The molecule has 1 fully saturated rings. The van der Waals surface area contributed by atoms with Gasteiger partial charge in [0, 0.05) is 12.5 Å². The van der Waals surface area contributed by atoms with E-state index in [9.17, 15) is 4.79 Å². The van der Waals surface area contributed by atoms with Gasteiger partial charge in [0.15, 0.2) is 0 Å². The molecule has 1 amide bonds. The summed E-state index contributed by atoms with van der Waals surface area (Å²) in [5, 5.41) is 9.49. The lowest BCUT2D eigenvalue weighted by Gasteiger charge is -2.07. The van der Waals surface area contributed by atoms with Gasteiger partial charge < -0.3 is 10.1 Å². The van der Waals surface area contributed by atoms with Gasteiger partial charge in [0.2, 0.25) is 5.82 Å². The SMILES string of the molecule is CC(C)c1nc(C(=O)NC2CCOC2)n[nH]1. The van der Waals surface area contributed by atoms with E-state index in [0.29, 0.717) is 13.2 Å². The number of rotatable bonds is 3. The molecule has 1 aliphatic rings. The molecule has 0 radical (unpaired) electrons. The van der Waals surface area contributed by atoms with Crippen LogP contribution in [0.4, 0.5) is 0 Å². The van der Waals surface area contributed by atoms with Crippen LogP contribution in [0.3, 0.4) is 0 Å². The zero-order valence-electron chi connectivity index (χ0n) is 9.49. The van der Waals surface area contributed by atoms with Crippen molar-refractivity contribution in [2.45, 2.75) is 32.2 Å². The molecule has 0 aromatic carbocycles. The monoisotopic (exact) mass is 224 g/mol. The minimum Gasteiger partial charge on any atom is -0.379 e. The maximum absolute atomic E-state index is 11.7. The Bertz CT molecular complexity index is 369. The molecule has 1 atom stereocenters. The van der Waals surface area contributed by atoms with Crippen molar-refractivity contribution in [3.63, 3.8) is 0 Å². The number of H-pyrrole nitrogens is 1. The summed E-state index contributed by atoms with van der Waals surface area (Å²) >= 11 is 0. The maximum atomic E-state index is 11.7. The van der Waals surface area contributed by atoms with Crippen molar-refractivity contribution in [2.75, 3.05) is 13.2 Å². The van der Waals surface area contributed by atoms with Gasteiger partial charge in [-0.3, -0.25) is 9.89 Å². The third-order valence-corrected chi connectivity index (χ3v) is 2.52. The predicted octanol–water partition coefficient (Wildman–Crippen LogP) is 0.447. The number of hydrogen-bond acceptors (Lipinski definition) is 4. The van der Waals surface area contributed by atoms with Crippen LogP contribution in [0.15, 0.2) is 0 Å². The van der Waals surface area contributed by atoms with Crippen molar-refractivity contribution in [3.05, 3.63) is 11.6 Å². The molecule has 2 rings (SSSR count). The number of hydrogen-bond donors (Lipinski definition) is 2. The average molecular weight is 224 g/mol. The molecule has 16 heavy (non-hydrogen) atoms. The average Bonchev–Trinajstić information content (AvgIpc) is 2.86. The molecule has 88 valence electrons. The molecule has 1 aliphatic heterocycles. The molecule has 2 heterocycles. The number of aromatic nitrogens is 3. The predicted molar refractivity (Wildman–Crippen MR) is 57.2 cm³/mol. The normalized spacial score (nSPS) is 20.3. The van der Waals surface area contributed by atoms with Crippen LogP contribution in [0.2, 0.25) is 0 Å². The molecule has 0 spiro atoms. The fraction of sp³-hybridized carbons (Fsp3) is 0.700. The zero-order chi connectivity index (χ0) is 11.5. The molecule has 0 bridgehead atoms. The second-order valence-corrected chi connectivity index (χ2v) is 4.23. The third kappa shape index (κ3) is 2.38. The van der Waals surface area contributed by atoms with E-state index in [2.05, 4.69) is 20.5 Å². The van der Waals surface area contributed by atoms with Crippen molar-refractivity contribution in [1.29, 1.82) is 0 Å². The lowest BCUT2D eigenvalue weighted by Crippen LogP contribution is -2.35. The number of aromatic amines is 1. The zero-order valence-corrected chi connectivity index (χ0v) is 9.49. The van der Waals surface area contributed by atoms with E-state index >= 15 is 0 Å². The van der Waals surface area contributed by atoms with Gasteiger partial charge >= 0.3 is 0 Å². The molecule has 6 heteroatoms. The van der Waals surface area contributed by atoms with E-state index in [4.69, 9.17) is 4.74 Å². The van der Waals surface area contributed by atoms with E-state index in [1.807, 2.05) is 13.8 Å². The van der Waals surface area contributed by atoms with Gasteiger partial charge in [-0.2, -0.15) is 0 Å². The van der Waals surface area contributed by atoms with Crippen LogP contribution in [0.25, 0.3) is 0 Å². The van der Waals surface area contributed by atoms with Crippen LogP contribution in [-0.2, 0) is 4.74 Å². The summed E-state index contributed by atoms with van der Waals surface area (Å²) in [6, 6.07) is 0.0912. The van der Waals surface area contributed by atoms with Crippen LogP contribution >= 0.6 is 0 Å². The Labute approximate surface area is 93.8 Å². The van der Waals surface area contributed by atoms with Crippen LogP contribution in [-0.4, -0.2) is 40.3 Å². The van der Waals surface area contributed by atoms with Crippen molar-refractivity contribution in [3.8, 4) is 0 Å². The van der Waals surface area contributed by atoms with Gasteiger partial charge in [-0.1, -0.05) is 13.8 Å². The number of nitrogens with one attached hydrogen (secondary N) is 2. The molecule has 1 aromatic rings. The Morgan fingerprint density at radius 3 is 3.00 bits per heavy atom. The largest absolute Gasteiger partial charge is 0.379 e. The molecule has 1 unspecified atom stereocenters. The first-order chi connectivity index (χ1) is 7.66. The van der Waals surface area contributed by atoms with E-state index in [1.54, 1.807) is 0 Å². The Hall–Kier alpha value is -1.43. The highest BCUT2D eigenvalue weighted by Gasteiger charge is 2.21. The summed E-state index contributed by atoms with van der Waals surface area (Å²) in [5.41, 5.74) is 0. The van der Waals surface area contributed by atoms with Crippen molar-refractivity contribution in [1.82, 2.24) is 20.5 Å². The van der Waals surface area contributed by atoms with Crippen molar-refractivity contribution >= 4 is 5.91 Å². The lowest BCUT2D eigenvalue weighted by atomic mass is 10.2. The van der Waals surface area contributed by atoms with Gasteiger partial charge in [-0.15, -0.1) is 5.10 Å². The van der Waals surface area contributed by atoms with Crippen molar-refractivity contribution in [2.24, 2.45) is 0 Å². The topological polar surface area (TPSA) is 79.9 Å². The molecule has 0 saturated carbocycles. The summed E-state index contributed by atoms with van der Waals surface area (Å²) in [5.74, 6) is 0.936. The van der Waals surface area contributed by atoms with E-state index in [1.165, 1.54) is 0 Å². The number of carbonyl (C=O) groups is 1. The minimum absolute atomic E-state index is 0.0912. The second-order valence-electron chi connectivity index (χ2n) is 4.23. The second kappa shape index (κ2) is 4.61. The highest BCUT2D eigenvalue weighted by atomic mass is 16.5. The fourth-order valence-corrected chi connectivity index (χ4v) is 1.53. The van der Waals surface area contributed by atoms with E-state index in [0.717, 1.165) is 12.2 Å². The molecule has 1 saturated heterocycles. The maximum Gasteiger partial charge on any atom is 0.291 e. The van der Waals surface area contributed by atoms with E-state index in [-0.39, 0.29) is 23.7 Å². The summed E-state index contributed by atoms with van der Waals surface area (Å²) in [6.45, 7) is 5.27. The quantitative estimate of drug-likeness (QED) is 0.781. The molecular weight excluding hydrogens is 208 g/mol. The number of amides is 1. The smallest absolute Gasteiger partial charge is 0.291 e. The van der Waals surface area contributed by atoms with Gasteiger partial charge in [-0.25, -0.2) is 4.98 Å². The van der Waals surface area contributed by atoms with Gasteiger partial charge in [-0.05, 0) is 6.42 Å². The summed E-state index contributed by atoms with van der Waals surface area (Å²) in [4.78, 5) is 15.9.